The Balaban J connectivity index is 2.08. The summed E-state index contributed by atoms with van der Waals surface area (Å²) in [5.74, 6) is 0. The lowest BCUT2D eigenvalue weighted by Gasteiger charge is -2.18. The predicted octanol–water partition coefficient (Wildman–Crippen LogP) is 2.77. The van der Waals surface area contributed by atoms with E-state index in [4.69, 9.17) is 11.6 Å². The summed E-state index contributed by atoms with van der Waals surface area (Å²) in [6.45, 7) is 0.716. The Morgan fingerprint density at radius 2 is 1.81 bits per heavy atom. The fourth-order valence-corrected chi connectivity index (χ4v) is 1.55. The summed E-state index contributed by atoms with van der Waals surface area (Å²) in [5.41, 5.74) is 2.05. The van der Waals surface area contributed by atoms with Crippen LogP contribution in [0.25, 0.3) is 0 Å². The Bertz CT molecular complexity index is 442. The van der Waals surface area contributed by atoms with Gasteiger partial charge in [-0.05, 0) is 24.3 Å². The van der Waals surface area contributed by atoms with Gasteiger partial charge in [0.25, 0.3) is 0 Å². The molecule has 0 saturated carbocycles. The van der Waals surface area contributed by atoms with Crippen LogP contribution < -0.4 is 4.90 Å². The molecule has 0 amide bonds. The SMILES string of the molecule is CN(Cc1ccc(Cl)nn1)c1ccccc1. The molecule has 0 saturated heterocycles. The third kappa shape index (κ3) is 2.70. The quantitative estimate of drug-likeness (QED) is 0.816. The van der Waals surface area contributed by atoms with Crippen molar-refractivity contribution in [2.75, 3.05) is 11.9 Å². The maximum Gasteiger partial charge on any atom is 0.151 e. The van der Waals surface area contributed by atoms with Gasteiger partial charge in [0.05, 0.1) is 12.2 Å². The third-order valence-corrected chi connectivity index (χ3v) is 2.48. The van der Waals surface area contributed by atoms with Crippen LogP contribution in [0.3, 0.4) is 0 Å². The van der Waals surface area contributed by atoms with Crippen molar-refractivity contribution < 1.29 is 0 Å². The van der Waals surface area contributed by atoms with Crippen LogP contribution >= 0.6 is 11.6 Å². The smallest absolute Gasteiger partial charge is 0.151 e. The maximum absolute atomic E-state index is 5.68. The number of halogens is 1. The van der Waals surface area contributed by atoms with E-state index >= 15 is 0 Å². The second-order valence-corrected chi connectivity index (χ2v) is 3.93. The predicted molar refractivity (Wildman–Crippen MR) is 65.6 cm³/mol. The van der Waals surface area contributed by atoms with Crippen LogP contribution in [0.1, 0.15) is 5.69 Å². The molecule has 0 aliphatic carbocycles. The topological polar surface area (TPSA) is 29.0 Å². The average molecular weight is 234 g/mol. The van der Waals surface area contributed by atoms with Crippen LogP contribution in [-0.2, 0) is 6.54 Å². The Labute approximate surface area is 99.7 Å². The number of aromatic nitrogens is 2. The number of anilines is 1. The van der Waals surface area contributed by atoms with E-state index in [-0.39, 0.29) is 0 Å². The molecule has 2 rings (SSSR count). The van der Waals surface area contributed by atoms with Gasteiger partial charge < -0.3 is 4.90 Å². The molecule has 0 atom stereocenters. The monoisotopic (exact) mass is 233 g/mol. The lowest BCUT2D eigenvalue weighted by Crippen LogP contribution is -2.17. The number of nitrogens with zero attached hydrogens (tertiary/aromatic N) is 3. The van der Waals surface area contributed by atoms with Crippen molar-refractivity contribution in [3.63, 3.8) is 0 Å². The molecule has 1 heterocycles. The Kier molecular flexibility index (Phi) is 3.37. The minimum absolute atomic E-state index is 0.422. The standard InChI is InChI=1S/C12H12ClN3/c1-16(11-5-3-2-4-6-11)9-10-7-8-12(13)15-14-10/h2-8H,9H2,1H3. The summed E-state index contributed by atoms with van der Waals surface area (Å²) in [7, 11) is 2.02. The van der Waals surface area contributed by atoms with Crippen molar-refractivity contribution in [3.8, 4) is 0 Å². The molecule has 2 aromatic rings. The molecule has 0 fully saturated rings. The van der Waals surface area contributed by atoms with E-state index in [1.165, 1.54) is 0 Å². The van der Waals surface area contributed by atoms with Crippen molar-refractivity contribution in [1.29, 1.82) is 0 Å². The molecule has 3 nitrogen and oxygen atoms in total. The van der Waals surface area contributed by atoms with Gasteiger partial charge in [0, 0.05) is 12.7 Å². The second-order valence-electron chi connectivity index (χ2n) is 3.54. The average Bonchev–Trinajstić information content (AvgIpc) is 2.33. The molecule has 0 radical (unpaired) electrons. The largest absolute Gasteiger partial charge is 0.369 e. The van der Waals surface area contributed by atoms with Gasteiger partial charge in [-0.15, -0.1) is 5.10 Å². The van der Waals surface area contributed by atoms with Gasteiger partial charge in [-0.1, -0.05) is 29.8 Å². The highest BCUT2D eigenvalue weighted by atomic mass is 35.5. The molecule has 0 aliphatic heterocycles. The summed E-state index contributed by atoms with van der Waals surface area (Å²) in [6.07, 6.45) is 0. The lowest BCUT2D eigenvalue weighted by atomic mass is 10.3. The Morgan fingerprint density at radius 1 is 1.06 bits per heavy atom. The molecule has 0 spiro atoms. The van der Waals surface area contributed by atoms with Gasteiger partial charge in [0.2, 0.25) is 0 Å². The van der Waals surface area contributed by atoms with Crippen LogP contribution in [0.2, 0.25) is 5.15 Å². The van der Waals surface area contributed by atoms with Crippen LogP contribution in [0.4, 0.5) is 5.69 Å². The molecule has 4 heteroatoms. The number of rotatable bonds is 3. The minimum Gasteiger partial charge on any atom is -0.369 e. The number of para-hydroxylation sites is 1. The summed E-state index contributed by atoms with van der Waals surface area (Å²) < 4.78 is 0. The second kappa shape index (κ2) is 4.94. The molecule has 0 N–H and O–H groups in total. The van der Waals surface area contributed by atoms with E-state index in [1.807, 2.05) is 31.3 Å². The van der Waals surface area contributed by atoms with Gasteiger partial charge in [0.15, 0.2) is 5.15 Å². The normalized spacial score (nSPS) is 10.1. The zero-order chi connectivity index (χ0) is 11.4. The first-order valence-electron chi connectivity index (χ1n) is 5.00. The van der Waals surface area contributed by atoms with Crippen LogP contribution in [0.5, 0.6) is 0 Å². The molecular formula is C12H12ClN3. The van der Waals surface area contributed by atoms with E-state index in [9.17, 15) is 0 Å². The van der Waals surface area contributed by atoms with Crippen LogP contribution in [0, 0.1) is 0 Å². The molecule has 0 unspecified atom stereocenters. The molecule has 16 heavy (non-hydrogen) atoms. The fraction of sp³-hybridized carbons (Fsp3) is 0.167. The van der Waals surface area contributed by atoms with Crippen LogP contribution in [0.15, 0.2) is 42.5 Å². The Morgan fingerprint density at radius 3 is 2.44 bits per heavy atom. The van der Waals surface area contributed by atoms with E-state index in [2.05, 4.69) is 27.2 Å². The Hall–Kier alpha value is -1.61. The number of benzene rings is 1. The lowest BCUT2D eigenvalue weighted by molar-refractivity contribution is 0.841. The zero-order valence-electron chi connectivity index (χ0n) is 8.97. The van der Waals surface area contributed by atoms with Gasteiger partial charge in [-0.2, -0.15) is 5.10 Å². The first-order valence-corrected chi connectivity index (χ1v) is 5.38. The van der Waals surface area contributed by atoms with E-state index in [1.54, 1.807) is 6.07 Å². The highest BCUT2D eigenvalue weighted by molar-refractivity contribution is 6.29. The molecular weight excluding hydrogens is 222 g/mol. The van der Waals surface area contributed by atoms with Gasteiger partial charge >= 0.3 is 0 Å². The van der Waals surface area contributed by atoms with Crippen molar-refractivity contribution in [1.82, 2.24) is 10.2 Å². The van der Waals surface area contributed by atoms with Gasteiger partial charge in [-0.25, -0.2) is 0 Å². The summed E-state index contributed by atoms with van der Waals surface area (Å²) in [5, 5.41) is 8.26. The van der Waals surface area contributed by atoms with Crippen molar-refractivity contribution in [3.05, 3.63) is 53.3 Å². The number of hydrogen-bond donors (Lipinski definition) is 0. The first-order chi connectivity index (χ1) is 7.75. The van der Waals surface area contributed by atoms with Gasteiger partial charge in [-0.3, -0.25) is 0 Å². The molecule has 1 aromatic heterocycles. The van der Waals surface area contributed by atoms with E-state index < -0.39 is 0 Å². The highest BCUT2D eigenvalue weighted by Gasteiger charge is 2.02. The third-order valence-electron chi connectivity index (χ3n) is 2.28. The first kappa shape index (κ1) is 10.9. The number of hydrogen-bond acceptors (Lipinski definition) is 3. The molecule has 1 aromatic carbocycles. The maximum atomic E-state index is 5.68. The van der Waals surface area contributed by atoms with E-state index in [0.717, 1.165) is 11.4 Å². The molecule has 82 valence electrons. The van der Waals surface area contributed by atoms with Crippen molar-refractivity contribution in [2.45, 2.75) is 6.54 Å². The highest BCUT2D eigenvalue weighted by Crippen LogP contribution is 2.13. The van der Waals surface area contributed by atoms with Gasteiger partial charge in [0.1, 0.15) is 0 Å². The molecule has 0 aliphatic rings. The van der Waals surface area contributed by atoms with Crippen molar-refractivity contribution >= 4 is 17.3 Å². The summed E-state index contributed by atoms with van der Waals surface area (Å²) >= 11 is 5.68. The van der Waals surface area contributed by atoms with E-state index in [0.29, 0.717) is 11.7 Å². The molecule has 0 bridgehead atoms. The fourth-order valence-electron chi connectivity index (χ4n) is 1.44. The zero-order valence-corrected chi connectivity index (χ0v) is 9.72. The van der Waals surface area contributed by atoms with Crippen molar-refractivity contribution in [2.24, 2.45) is 0 Å². The summed E-state index contributed by atoms with van der Waals surface area (Å²) in [4.78, 5) is 2.11. The van der Waals surface area contributed by atoms with Crippen LogP contribution in [-0.4, -0.2) is 17.2 Å². The summed E-state index contributed by atoms with van der Waals surface area (Å²) in [6, 6.07) is 13.8. The minimum atomic E-state index is 0.422.